The van der Waals surface area contributed by atoms with Gasteiger partial charge in [0.05, 0.1) is 67.3 Å². The highest BCUT2D eigenvalue weighted by molar-refractivity contribution is 7.91. The summed E-state index contributed by atoms with van der Waals surface area (Å²) in [6.45, 7) is 6.99. The summed E-state index contributed by atoms with van der Waals surface area (Å²) in [4.78, 5) is 30.6. The standard InChI is InChI=1S/C63H81N5O12S2/c69-52(15-11-36-75-40-43-78-39-31-65-82(73,74)56-28-24-54(25-29-56)80-62-58-17-6-4-14-50(58)47-60(62)68-34-9-2-10-35-68)45-48-18-20-51(21-19-48)66-63(70)64-30-38-77-42-41-76-37-12-44-81(71,72)55-26-22-53(23-27-55)79-61-57-16-5-3-13-49(57)46-59(61)67-32-7-1-8-33-67/h3-6,13-14,16-29,59-62,65H,1-2,7-12,15,30-47H2,(H2,64,66,70)/t59-,60-,61-,62-/m0/s1. The molecule has 2 heterocycles. The third-order valence-electron chi connectivity index (χ3n) is 15.7. The zero-order valence-corrected chi connectivity index (χ0v) is 48.7. The number of carbonyl (C=O) groups excluding carboxylic acids is 2. The Bertz CT molecular complexity index is 2820. The van der Waals surface area contributed by atoms with E-state index in [0.717, 1.165) is 44.6 Å². The summed E-state index contributed by atoms with van der Waals surface area (Å²) in [6.07, 6.45) is 10.6. The summed E-state index contributed by atoms with van der Waals surface area (Å²) in [5.74, 6) is 1.33. The number of rotatable bonds is 32. The van der Waals surface area contributed by atoms with E-state index in [1.165, 1.54) is 60.8 Å². The van der Waals surface area contributed by atoms with E-state index in [9.17, 15) is 26.4 Å². The number of nitrogens with one attached hydrogen (secondary N) is 3. The summed E-state index contributed by atoms with van der Waals surface area (Å²) >= 11 is 0. The number of ether oxygens (including phenoxy) is 6. The number of sulfonamides is 1. The third kappa shape index (κ3) is 17.7. The van der Waals surface area contributed by atoms with E-state index < -0.39 is 25.9 Å². The molecule has 0 unspecified atom stereocenters. The van der Waals surface area contributed by atoms with Crippen LogP contribution in [-0.2, 0) is 62.9 Å². The van der Waals surface area contributed by atoms with Crippen LogP contribution in [0.15, 0.2) is 131 Å². The molecule has 82 heavy (non-hydrogen) atoms. The predicted octanol–water partition coefficient (Wildman–Crippen LogP) is 8.67. The molecule has 5 aromatic carbocycles. The molecule has 442 valence electrons. The van der Waals surface area contributed by atoms with Gasteiger partial charge in [0, 0.05) is 44.8 Å². The fourth-order valence-corrected chi connectivity index (χ4v) is 13.8. The van der Waals surface area contributed by atoms with Crippen molar-refractivity contribution in [1.29, 1.82) is 0 Å². The number of hydrogen-bond donors (Lipinski definition) is 3. The van der Waals surface area contributed by atoms with Crippen LogP contribution in [0, 0.1) is 0 Å². The van der Waals surface area contributed by atoms with E-state index in [1.807, 2.05) is 0 Å². The number of piperidine rings is 2. The maximum atomic E-state index is 13.1. The Hall–Kier alpha value is -5.74. The highest BCUT2D eigenvalue weighted by Crippen LogP contribution is 2.41. The van der Waals surface area contributed by atoms with Crippen LogP contribution in [-0.4, -0.2) is 148 Å². The summed E-state index contributed by atoms with van der Waals surface area (Å²) in [6, 6.07) is 37.5. The van der Waals surface area contributed by atoms with Crippen LogP contribution < -0.4 is 24.8 Å². The Morgan fingerprint density at radius 3 is 1.55 bits per heavy atom. The van der Waals surface area contributed by atoms with Gasteiger partial charge in [-0.25, -0.2) is 26.4 Å². The van der Waals surface area contributed by atoms with Gasteiger partial charge in [-0.3, -0.25) is 14.6 Å². The fraction of sp³-hybridized carbons (Fsp3) is 0.492. The largest absolute Gasteiger partial charge is 0.484 e. The van der Waals surface area contributed by atoms with Gasteiger partial charge in [-0.2, -0.15) is 0 Å². The van der Waals surface area contributed by atoms with Gasteiger partial charge in [0.25, 0.3) is 0 Å². The van der Waals surface area contributed by atoms with E-state index in [4.69, 9.17) is 28.4 Å². The van der Waals surface area contributed by atoms with E-state index in [-0.39, 0.29) is 91.6 Å². The fourth-order valence-electron chi connectivity index (χ4n) is 11.5. The first kappa shape index (κ1) is 60.8. The summed E-state index contributed by atoms with van der Waals surface area (Å²) in [5.41, 5.74) is 6.46. The van der Waals surface area contributed by atoms with Crippen molar-refractivity contribution >= 4 is 37.4 Å². The molecule has 0 radical (unpaired) electrons. The molecule has 0 saturated carbocycles. The highest BCUT2D eigenvalue weighted by Gasteiger charge is 2.40. The number of nitrogens with zero attached hydrogens (tertiary/aromatic N) is 2. The number of hydrogen-bond acceptors (Lipinski definition) is 14. The van der Waals surface area contributed by atoms with Crippen LogP contribution in [0.1, 0.15) is 97.8 Å². The van der Waals surface area contributed by atoms with Crippen molar-refractivity contribution in [2.24, 2.45) is 0 Å². The lowest BCUT2D eigenvalue weighted by Gasteiger charge is -2.35. The molecule has 5 aromatic rings. The molecule has 4 atom stereocenters. The molecule has 4 aliphatic rings. The van der Waals surface area contributed by atoms with Crippen LogP contribution in [0.25, 0.3) is 0 Å². The monoisotopic (exact) mass is 1160 g/mol. The van der Waals surface area contributed by atoms with Crippen LogP contribution in [0.3, 0.4) is 0 Å². The number of anilines is 1. The minimum Gasteiger partial charge on any atom is -0.484 e. The minimum atomic E-state index is -3.74. The third-order valence-corrected chi connectivity index (χ3v) is 19.0. The molecule has 0 aromatic heterocycles. The van der Waals surface area contributed by atoms with E-state index in [2.05, 4.69) is 73.7 Å². The summed E-state index contributed by atoms with van der Waals surface area (Å²) in [7, 11) is -7.24. The minimum absolute atomic E-state index is 0.0389. The average molecular weight is 1160 g/mol. The average Bonchev–Trinajstić information content (AvgIpc) is 4.26. The number of benzene rings is 5. The van der Waals surface area contributed by atoms with Crippen molar-refractivity contribution < 1.29 is 54.8 Å². The molecular formula is C63H81N5O12S2. The predicted molar refractivity (Wildman–Crippen MR) is 315 cm³/mol. The van der Waals surface area contributed by atoms with Gasteiger partial charge in [-0.05, 0) is 166 Å². The van der Waals surface area contributed by atoms with E-state index >= 15 is 0 Å². The number of urea groups is 1. The van der Waals surface area contributed by atoms with Crippen molar-refractivity contribution in [3.63, 3.8) is 0 Å². The molecule has 17 nitrogen and oxygen atoms in total. The lowest BCUT2D eigenvalue weighted by molar-refractivity contribution is -0.118. The molecule has 2 amide bonds. The molecule has 0 spiro atoms. The van der Waals surface area contributed by atoms with Crippen molar-refractivity contribution in [3.05, 3.63) is 149 Å². The van der Waals surface area contributed by atoms with Gasteiger partial charge in [-0.15, -0.1) is 0 Å². The molecular weight excluding hydrogens is 1080 g/mol. The van der Waals surface area contributed by atoms with Crippen molar-refractivity contribution in [2.45, 2.75) is 111 Å². The number of Topliss-reactive ketones (excluding diaryl/α,β-unsaturated/α-hetero) is 1. The van der Waals surface area contributed by atoms with Crippen molar-refractivity contribution in [1.82, 2.24) is 19.8 Å². The van der Waals surface area contributed by atoms with Crippen molar-refractivity contribution in [3.8, 4) is 11.5 Å². The zero-order valence-electron chi connectivity index (χ0n) is 47.1. The van der Waals surface area contributed by atoms with Crippen LogP contribution in [0.4, 0.5) is 10.5 Å². The number of ketones is 1. The molecule has 2 fully saturated rings. The van der Waals surface area contributed by atoms with Crippen LogP contribution >= 0.6 is 0 Å². The lowest BCUT2D eigenvalue weighted by Crippen LogP contribution is -2.43. The summed E-state index contributed by atoms with van der Waals surface area (Å²) in [5, 5.41) is 5.52. The van der Waals surface area contributed by atoms with Crippen molar-refractivity contribution in [2.75, 3.05) is 103 Å². The zero-order chi connectivity index (χ0) is 57.0. The molecule has 2 saturated heterocycles. The maximum Gasteiger partial charge on any atom is 0.319 e. The number of carbonyl (C=O) groups is 2. The molecule has 3 N–H and O–H groups in total. The van der Waals surface area contributed by atoms with Gasteiger partial charge in [0.1, 0.15) is 29.5 Å². The highest BCUT2D eigenvalue weighted by atomic mass is 32.2. The van der Waals surface area contributed by atoms with Gasteiger partial charge in [0.15, 0.2) is 9.84 Å². The normalized spacial score (nSPS) is 19.3. The van der Waals surface area contributed by atoms with E-state index in [0.29, 0.717) is 62.9 Å². The Labute approximate surface area is 484 Å². The maximum absolute atomic E-state index is 13.1. The molecule has 2 aliphatic carbocycles. The number of fused-ring (bicyclic) bond motifs is 2. The molecule has 19 heteroatoms. The van der Waals surface area contributed by atoms with Gasteiger partial charge in [-0.1, -0.05) is 73.5 Å². The SMILES string of the molecule is O=C(CCCOCCOCCNS(=O)(=O)c1ccc(O[C@H]2c3ccccc3C[C@@H]2N2CCCCC2)cc1)Cc1ccc(NC(=O)NCCOCCOCCCS(=O)(=O)c2ccc(O[C@H]3c4ccccc4C[C@@H]3N3CCCCC3)cc2)cc1. The van der Waals surface area contributed by atoms with Gasteiger partial charge in [0.2, 0.25) is 10.0 Å². The van der Waals surface area contributed by atoms with Crippen LogP contribution in [0.2, 0.25) is 0 Å². The Kier molecular flexibility index (Phi) is 22.8. The number of amides is 2. The van der Waals surface area contributed by atoms with Crippen LogP contribution in [0.5, 0.6) is 11.5 Å². The molecule has 2 aliphatic heterocycles. The first-order valence-electron chi connectivity index (χ1n) is 29.4. The second-order valence-electron chi connectivity index (χ2n) is 21.6. The second kappa shape index (κ2) is 30.7. The Morgan fingerprint density at radius 2 is 1.00 bits per heavy atom. The summed E-state index contributed by atoms with van der Waals surface area (Å²) < 4.78 is 90.4. The Balaban J connectivity index is 0.555. The quantitative estimate of drug-likeness (QED) is 0.0346. The topological polar surface area (TPSA) is 200 Å². The van der Waals surface area contributed by atoms with Gasteiger partial charge >= 0.3 is 6.03 Å². The number of likely N-dealkylation sites (tertiary alicyclic amines) is 2. The molecule has 0 bridgehead atoms. The second-order valence-corrected chi connectivity index (χ2v) is 25.4. The Morgan fingerprint density at radius 1 is 0.512 bits per heavy atom. The number of sulfone groups is 1. The smallest absolute Gasteiger partial charge is 0.319 e. The first-order chi connectivity index (χ1) is 40.0. The molecule has 9 rings (SSSR count). The lowest BCUT2D eigenvalue weighted by atomic mass is 10.0. The van der Waals surface area contributed by atoms with E-state index in [1.54, 1.807) is 72.8 Å². The van der Waals surface area contributed by atoms with Gasteiger partial charge < -0.3 is 39.1 Å². The first-order valence-corrected chi connectivity index (χ1v) is 32.5.